The average molecular weight is 226 g/mol. The van der Waals surface area contributed by atoms with Gasteiger partial charge in [-0.1, -0.05) is 70.6 Å². The Kier molecular flexibility index (Phi) is 7.06. The Morgan fingerprint density at radius 2 is 0.688 bits per heavy atom. The second-order valence-corrected chi connectivity index (χ2v) is 5.62. The molecule has 1 aliphatic rings. The molecule has 0 aromatic rings. The molecule has 2 heteroatoms. The number of hydrogen-bond donors (Lipinski definition) is 2. The average Bonchev–Trinajstić information content (AvgIpc) is 2.24. The molecule has 0 aliphatic heterocycles. The first-order chi connectivity index (χ1) is 7.71. The molecule has 0 bridgehead atoms. The SMILES string of the molecule is NC1(N)CCCCCCCCCCCCC1. The van der Waals surface area contributed by atoms with Crippen molar-refractivity contribution in [1.29, 1.82) is 0 Å². The van der Waals surface area contributed by atoms with Crippen LogP contribution in [-0.4, -0.2) is 5.66 Å². The number of rotatable bonds is 0. The summed E-state index contributed by atoms with van der Waals surface area (Å²) >= 11 is 0. The van der Waals surface area contributed by atoms with Crippen LogP contribution in [0.1, 0.15) is 83.5 Å². The quantitative estimate of drug-likeness (QED) is 0.619. The van der Waals surface area contributed by atoms with E-state index in [2.05, 4.69) is 0 Å². The molecule has 0 aromatic carbocycles. The van der Waals surface area contributed by atoms with E-state index in [1.165, 1.54) is 70.6 Å². The monoisotopic (exact) mass is 226 g/mol. The second-order valence-electron chi connectivity index (χ2n) is 5.62. The van der Waals surface area contributed by atoms with Crippen molar-refractivity contribution in [3.05, 3.63) is 0 Å². The van der Waals surface area contributed by atoms with Crippen LogP contribution in [0.4, 0.5) is 0 Å². The van der Waals surface area contributed by atoms with Gasteiger partial charge in [0.15, 0.2) is 0 Å². The lowest BCUT2D eigenvalue weighted by Gasteiger charge is -2.24. The summed E-state index contributed by atoms with van der Waals surface area (Å²) in [6, 6.07) is 0. The Morgan fingerprint density at radius 1 is 0.438 bits per heavy atom. The summed E-state index contributed by atoms with van der Waals surface area (Å²) in [6.07, 6.45) is 16.9. The normalized spacial score (nSPS) is 25.9. The molecule has 0 amide bonds. The summed E-state index contributed by atoms with van der Waals surface area (Å²) in [5.41, 5.74) is 11.8. The van der Waals surface area contributed by atoms with E-state index in [-0.39, 0.29) is 5.66 Å². The van der Waals surface area contributed by atoms with Crippen LogP contribution in [0.15, 0.2) is 0 Å². The number of nitrogens with two attached hydrogens (primary N) is 2. The molecule has 96 valence electrons. The summed E-state index contributed by atoms with van der Waals surface area (Å²) in [5, 5.41) is 0. The molecule has 0 spiro atoms. The van der Waals surface area contributed by atoms with E-state index in [1.54, 1.807) is 0 Å². The highest BCUT2D eigenvalue weighted by Crippen LogP contribution is 2.18. The topological polar surface area (TPSA) is 52.0 Å². The minimum atomic E-state index is -0.385. The molecule has 0 unspecified atom stereocenters. The minimum Gasteiger partial charge on any atom is -0.313 e. The molecule has 2 nitrogen and oxygen atoms in total. The third kappa shape index (κ3) is 7.24. The zero-order chi connectivity index (χ0) is 11.7. The maximum absolute atomic E-state index is 6.11. The Labute approximate surface area is 101 Å². The van der Waals surface area contributed by atoms with Crippen LogP contribution >= 0.6 is 0 Å². The van der Waals surface area contributed by atoms with Gasteiger partial charge in [0.05, 0.1) is 5.66 Å². The Hall–Kier alpha value is -0.0800. The van der Waals surface area contributed by atoms with E-state index in [4.69, 9.17) is 11.5 Å². The van der Waals surface area contributed by atoms with Gasteiger partial charge in [-0.05, 0) is 12.8 Å². The third-order valence-corrected chi connectivity index (χ3v) is 3.78. The largest absolute Gasteiger partial charge is 0.313 e. The smallest absolute Gasteiger partial charge is 0.0636 e. The van der Waals surface area contributed by atoms with Crippen molar-refractivity contribution < 1.29 is 0 Å². The van der Waals surface area contributed by atoms with Crippen LogP contribution in [0.5, 0.6) is 0 Å². The molecule has 1 saturated carbocycles. The standard InChI is InChI=1S/C14H30N2/c15-14(16)12-10-8-6-4-2-1-3-5-7-9-11-13-14/h1-13,15-16H2. The van der Waals surface area contributed by atoms with Gasteiger partial charge in [0, 0.05) is 0 Å². The highest BCUT2D eigenvalue weighted by atomic mass is 14.9. The Balaban J connectivity index is 2.22. The Bertz CT molecular complexity index is 150. The van der Waals surface area contributed by atoms with Crippen molar-refractivity contribution in [1.82, 2.24) is 0 Å². The predicted molar refractivity (Wildman–Crippen MR) is 71.1 cm³/mol. The van der Waals surface area contributed by atoms with Crippen LogP contribution in [-0.2, 0) is 0 Å². The Morgan fingerprint density at radius 3 is 1.00 bits per heavy atom. The van der Waals surface area contributed by atoms with Gasteiger partial charge in [-0.15, -0.1) is 0 Å². The van der Waals surface area contributed by atoms with Crippen LogP contribution in [0, 0.1) is 0 Å². The van der Waals surface area contributed by atoms with Gasteiger partial charge in [0.25, 0.3) is 0 Å². The molecule has 1 rings (SSSR count). The van der Waals surface area contributed by atoms with E-state index < -0.39 is 0 Å². The molecule has 0 radical (unpaired) electrons. The van der Waals surface area contributed by atoms with Gasteiger partial charge in [-0.25, -0.2) is 0 Å². The predicted octanol–water partition coefficient (Wildman–Crippen LogP) is 3.69. The van der Waals surface area contributed by atoms with Gasteiger partial charge >= 0.3 is 0 Å². The fourth-order valence-electron chi connectivity index (χ4n) is 2.62. The molecular formula is C14H30N2. The first-order valence-corrected chi connectivity index (χ1v) is 7.28. The maximum Gasteiger partial charge on any atom is 0.0636 e. The molecule has 4 N–H and O–H groups in total. The van der Waals surface area contributed by atoms with Crippen molar-refractivity contribution in [3.63, 3.8) is 0 Å². The first-order valence-electron chi connectivity index (χ1n) is 7.28. The van der Waals surface area contributed by atoms with E-state index in [9.17, 15) is 0 Å². The van der Waals surface area contributed by atoms with Crippen molar-refractivity contribution >= 4 is 0 Å². The summed E-state index contributed by atoms with van der Waals surface area (Å²) in [5.74, 6) is 0. The van der Waals surface area contributed by atoms with E-state index in [0.29, 0.717) is 0 Å². The van der Waals surface area contributed by atoms with E-state index in [0.717, 1.165) is 12.8 Å². The van der Waals surface area contributed by atoms with Gasteiger partial charge in [-0.2, -0.15) is 0 Å². The van der Waals surface area contributed by atoms with E-state index >= 15 is 0 Å². The highest BCUT2D eigenvalue weighted by Gasteiger charge is 2.17. The first kappa shape index (κ1) is 14.0. The van der Waals surface area contributed by atoms with Gasteiger partial charge in [0.1, 0.15) is 0 Å². The van der Waals surface area contributed by atoms with Crippen molar-refractivity contribution in [2.45, 2.75) is 89.1 Å². The minimum absolute atomic E-state index is 0.385. The lowest BCUT2D eigenvalue weighted by Crippen LogP contribution is -2.49. The fourth-order valence-corrected chi connectivity index (χ4v) is 2.62. The lowest BCUT2D eigenvalue weighted by atomic mass is 9.95. The van der Waals surface area contributed by atoms with Crippen molar-refractivity contribution in [3.8, 4) is 0 Å². The van der Waals surface area contributed by atoms with Crippen LogP contribution in [0.25, 0.3) is 0 Å². The summed E-state index contributed by atoms with van der Waals surface area (Å²) < 4.78 is 0. The third-order valence-electron chi connectivity index (χ3n) is 3.78. The van der Waals surface area contributed by atoms with Gasteiger partial charge in [0.2, 0.25) is 0 Å². The van der Waals surface area contributed by atoms with Gasteiger partial charge < -0.3 is 11.5 Å². The van der Waals surface area contributed by atoms with Crippen LogP contribution in [0.3, 0.4) is 0 Å². The van der Waals surface area contributed by atoms with Crippen molar-refractivity contribution in [2.24, 2.45) is 11.5 Å². The molecule has 0 aromatic heterocycles. The van der Waals surface area contributed by atoms with Crippen molar-refractivity contribution in [2.75, 3.05) is 0 Å². The summed E-state index contributed by atoms with van der Waals surface area (Å²) in [6.45, 7) is 0. The lowest BCUT2D eigenvalue weighted by molar-refractivity contribution is 0.343. The molecule has 0 heterocycles. The molecule has 1 fully saturated rings. The zero-order valence-corrected chi connectivity index (χ0v) is 10.8. The molecule has 0 saturated heterocycles. The molecule has 0 atom stereocenters. The van der Waals surface area contributed by atoms with E-state index in [1.807, 2.05) is 0 Å². The molecule has 16 heavy (non-hydrogen) atoms. The molecular weight excluding hydrogens is 196 g/mol. The number of hydrogen-bond acceptors (Lipinski definition) is 2. The fraction of sp³-hybridized carbons (Fsp3) is 1.00. The van der Waals surface area contributed by atoms with Crippen LogP contribution in [0.2, 0.25) is 0 Å². The summed E-state index contributed by atoms with van der Waals surface area (Å²) in [4.78, 5) is 0. The zero-order valence-electron chi connectivity index (χ0n) is 10.8. The summed E-state index contributed by atoms with van der Waals surface area (Å²) in [7, 11) is 0. The van der Waals surface area contributed by atoms with Crippen LogP contribution < -0.4 is 11.5 Å². The highest BCUT2D eigenvalue weighted by molar-refractivity contribution is 4.76. The van der Waals surface area contributed by atoms with Gasteiger partial charge in [-0.3, -0.25) is 0 Å². The molecule has 1 aliphatic carbocycles. The second kappa shape index (κ2) is 8.08. The maximum atomic E-state index is 6.11.